The van der Waals surface area contributed by atoms with Gasteiger partial charge in [0.05, 0.1) is 0 Å². The lowest BCUT2D eigenvalue weighted by Crippen LogP contribution is -2.15. The van der Waals surface area contributed by atoms with Crippen LogP contribution in [0.15, 0.2) is 11.1 Å². The molecule has 17 heavy (non-hydrogen) atoms. The summed E-state index contributed by atoms with van der Waals surface area (Å²) in [6.45, 7) is 0. The molecule has 0 aromatic carbocycles. The molecule has 1 rings (SSSR count). The van der Waals surface area contributed by atoms with Crippen LogP contribution in [0.3, 0.4) is 0 Å². The van der Waals surface area contributed by atoms with Crippen molar-refractivity contribution in [1.82, 2.24) is 4.98 Å². The van der Waals surface area contributed by atoms with E-state index in [-0.39, 0.29) is 6.07 Å². The van der Waals surface area contributed by atoms with E-state index in [1.807, 2.05) is 0 Å². The monoisotopic (exact) mass is 269 g/mol. The van der Waals surface area contributed by atoms with Crippen LogP contribution >= 0.6 is 0 Å². The number of primary sulfonamides is 1. The van der Waals surface area contributed by atoms with E-state index in [1.165, 1.54) is 0 Å². The number of aromatic hydroxyl groups is 1. The Balaban J connectivity index is 3.63. The Morgan fingerprint density at radius 3 is 2.41 bits per heavy atom. The van der Waals surface area contributed by atoms with Crippen molar-refractivity contribution in [3.05, 3.63) is 21.7 Å². The first-order valence-electron chi connectivity index (χ1n) is 3.84. The third-order valence-electron chi connectivity index (χ3n) is 1.65. The minimum absolute atomic E-state index is 0.246. The average Bonchev–Trinajstić information content (AvgIpc) is 2.14. The summed E-state index contributed by atoms with van der Waals surface area (Å²) in [6.07, 6.45) is -3.29. The van der Waals surface area contributed by atoms with Gasteiger partial charge in [-0.3, -0.25) is 0 Å². The van der Waals surface area contributed by atoms with Gasteiger partial charge in [0.25, 0.3) is 16.4 Å². The van der Waals surface area contributed by atoms with Gasteiger partial charge >= 0.3 is 10.8 Å². The van der Waals surface area contributed by atoms with Gasteiger partial charge in [-0.2, -0.15) is 0 Å². The number of hydrogen-bond acceptors (Lipinski definition) is 6. The normalized spacial score (nSPS) is 11.8. The predicted molar refractivity (Wildman–Crippen MR) is 48.9 cm³/mol. The molecular weight excluding hydrogens is 264 g/mol. The third-order valence-corrected chi connectivity index (χ3v) is 2.49. The van der Waals surface area contributed by atoms with Crippen LogP contribution in [0.2, 0.25) is 0 Å². The second-order valence-electron chi connectivity index (χ2n) is 2.83. The first-order valence-corrected chi connectivity index (χ1v) is 5.38. The predicted octanol–water partition coefficient (Wildman–Crippen LogP) is 0.280. The third kappa shape index (κ3) is 2.62. The number of alkyl halides is 2. The maximum Gasteiger partial charge on any atom is 0.374 e. The lowest BCUT2D eigenvalue weighted by atomic mass is 10.2. The van der Waals surface area contributed by atoms with Gasteiger partial charge in [0.2, 0.25) is 0 Å². The van der Waals surface area contributed by atoms with Crippen LogP contribution in [0.1, 0.15) is 12.0 Å². The summed E-state index contributed by atoms with van der Waals surface area (Å²) in [7, 11) is -4.54. The molecule has 0 spiro atoms. The van der Waals surface area contributed by atoms with E-state index in [0.29, 0.717) is 0 Å². The molecule has 0 saturated heterocycles. The Morgan fingerprint density at radius 1 is 1.53 bits per heavy atom. The molecule has 0 unspecified atom stereocenters. The molecule has 0 atom stereocenters. The quantitative estimate of drug-likeness (QED) is 0.597. The van der Waals surface area contributed by atoms with Crippen LogP contribution in [0, 0.1) is 10.1 Å². The maximum absolute atomic E-state index is 12.4. The molecule has 0 fully saturated rings. The number of hydrogen-bond donors (Lipinski definition) is 2. The van der Waals surface area contributed by atoms with Crippen molar-refractivity contribution in [2.75, 3.05) is 0 Å². The van der Waals surface area contributed by atoms with E-state index >= 15 is 0 Å². The van der Waals surface area contributed by atoms with Crippen LogP contribution in [0.4, 0.5) is 14.6 Å². The molecule has 3 N–H and O–H groups in total. The van der Waals surface area contributed by atoms with E-state index < -0.39 is 43.5 Å². The van der Waals surface area contributed by atoms with Crippen molar-refractivity contribution in [2.45, 2.75) is 11.5 Å². The van der Waals surface area contributed by atoms with Crippen LogP contribution in [0.5, 0.6) is 5.75 Å². The summed E-state index contributed by atoms with van der Waals surface area (Å²) in [5.74, 6) is -2.55. The fraction of sp³-hybridized carbons (Fsp3) is 0.167. The fourth-order valence-electron chi connectivity index (χ4n) is 1.01. The molecular formula is C6H5F2N3O5S. The average molecular weight is 269 g/mol. The maximum atomic E-state index is 12.4. The Kier molecular flexibility index (Phi) is 3.24. The Bertz CT molecular complexity index is 573. The fourth-order valence-corrected chi connectivity index (χ4v) is 1.57. The minimum Gasteiger partial charge on any atom is -0.503 e. The number of nitrogens with zero attached hydrogens (tertiary/aromatic N) is 2. The SMILES string of the molecule is NS(=O)(=O)c1nc([N+](=O)[O-])c(C(F)F)cc1O. The lowest BCUT2D eigenvalue weighted by Gasteiger charge is -2.03. The molecule has 0 radical (unpaired) electrons. The van der Waals surface area contributed by atoms with Gasteiger partial charge in [0.1, 0.15) is 5.56 Å². The summed E-state index contributed by atoms with van der Waals surface area (Å²) in [5.41, 5.74) is -1.19. The number of pyridine rings is 1. The van der Waals surface area contributed by atoms with E-state index in [2.05, 4.69) is 10.1 Å². The summed E-state index contributed by atoms with van der Waals surface area (Å²) < 4.78 is 46.4. The first kappa shape index (κ1) is 13.2. The Morgan fingerprint density at radius 2 is 2.06 bits per heavy atom. The van der Waals surface area contributed by atoms with Crippen molar-refractivity contribution in [3.8, 4) is 5.75 Å². The number of nitro groups is 1. The van der Waals surface area contributed by atoms with Crippen molar-refractivity contribution in [2.24, 2.45) is 5.14 Å². The second kappa shape index (κ2) is 4.18. The van der Waals surface area contributed by atoms with Gasteiger partial charge in [-0.25, -0.2) is 22.3 Å². The van der Waals surface area contributed by atoms with Crippen molar-refractivity contribution in [1.29, 1.82) is 0 Å². The number of sulfonamides is 1. The van der Waals surface area contributed by atoms with Crippen molar-refractivity contribution < 1.29 is 27.2 Å². The van der Waals surface area contributed by atoms with Crippen LogP contribution in [-0.4, -0.2) is 23.4 Å². The first-order chi connectivity index (χ1) is 7.64. The van der Waals surface area contributed by atoms with E-state index in [1.54, 1.807) is 0 Å². The molecule has 0 aliphatic rings. The van der Waals surface area contributed by atoms with E-state index in [4.69, 9.17) is 5.11 Å². The molecule has 1 aromatic heterocycles. The largest absolute Gasteiger partial charge is 0.503 e. The van der Waals surface area contributed by atoms with Gasteiger partial charge in [0.15, 0.2) is 5.75 Å². The number of aromatic nitrogens is 1. The highest BCUT2D eigenvalue weighted by Crippen LogP contribution is 2.33. The summed E-state index contributed by atoms with van der Waals surface area (Å²) in [4.78, 5) is 11.9. The summed E-state index contributed by atoms with van der Waals surface area (Å²) >= 11 is 0. The molecule has 1 heterocycles. The van der Waals surface area contributed by atoms with Crippen LogP contribution in [0.25, 0.3) is 0 Å². The van der Waals surface area contributed by atoms with Crippen LogP contribution < -0.4 is 5.14 Å². The topological polar surface area (TPSA) is 136 Å². The zero-order chi connectivity index (χ0) is 13.4. The Labute approximate surface area is 92.9 Å². The van der Waals surface area contributed by atoms with Crippen molar-refractivity contribution in [3.63, 3.8) is 0 Å². The van der Waals surface area contributed by atoms with Gasteiger partial charge in [-0.15, -0.1) is 0 Å². The number of nitrogens with two attached hydrogens (primary N) is 1. The molecule has 0 aliphatic heterocycles. The summed E-state index contributed by atoms with van der Waals surface area (Å²) in [6, 6.07) is 0.246. The van der Waals surface area contributed by atoms with Gasteiger partial charge in [0, 0.05) is 6.07 Å². The smallest absolute Gasteiger partial charge is 0.374 e. The van der Waals surface area contributed by atoms with Gasteiger partial charge < -0.3 is 15.2 Å². The zero-order valence-electron chi connectivity index (χ0n) is 7.87. The van der Waals surface area contributed by atoms with Gasteiger partial charge in [-0.05, 0) is 9.91 Å². The van der Waals surface area contributed by atoms with E-state index in [9.17, 15) is 27.3 Å². The zero-order valence-corrected chi connectivity index (χ0v) is 8.69. The summed E-state index contributed by atoms with van der Waals surface area (Å²) in [5, 5.41) is 22.9. The van der Waals surface area contributed by atoms with Crippen molar-refractivity contribution >= 4 is 15.8 Å². The highest BCUT2D eigenvalue weighted by Gasteiger charge is 2.31. The van der Waals surface area contributed by atoms with Crippen LogP contribution in [-0.2, 0) is 10.0 Å². The molecule has 0 saturated carbocycles. The lowest BCUT2D eigenvalue weighted by molar-refractivity contribution is -0.391. The molecule has 11 heteroatoms. The molecule has 0 bridgehead atoms. The number of rotatable bonds is 3. The van der Waals surface area contributed by atoms with E-state index in [0.717, 1.165) is 0 Å². The molecule has 1 aromatic rings. The second-order valence-corrected chi connectivity index (χ2v) is 4.31. The molecule has 94 valence electrons. The minimum atomic E-state index is -4.54. The Hall–Kier alpha value is -1.88. The molecule has 0 aliphatic carbocycles. The number of halogens is 2. The highest BCUT2D eigenvalue weighted by atomic mass is 32.2. The highest BCUT2D eigenvalue weighted by molar-refractivity contribution is 7.89. The van der Waals surface area contributed by atoms with Gasteiger partial charge in [-0.1, -0.05) is 0 Å². The standard InChI is InChI=1S/C6H5F2N3O5S/c7-4(8)2-1-3(12)6(17(9,15)16)10-5(2)11(13)14/h1,4,12H,(H2,9,15,16). The molecule has 0 amide bonds. The molecule has 8 nitrogen and oxygen atoms in total.